The quantitative estimate of drug-likeness (QED) is 0.691. The summed E-state index contributed by atoms with van der Waals surface area (Å²) in [5, 5.41) is 3.14. The van der Waals surface area contributed by atoms with E-state index >= 15 is 0 Å². The summed E-state index contributed by atoms with van der Waals surface area (Å²) in [4.78, 5) is 28.6. The molecule has 2 bridgehead atoms. The number of rotatable bonds is 6. The third-order valence-corrected chi connectivity index (χ3v) is 7.17. The van der Waals surface area contributed by atoms with Crippen LogP contribution in [-0.2, 0) is 20.7 Å². The van der Waals surface area contributed by atoms with E-state index < -0.39 is 17.4 Å². The van der Waals surface area contributed by atoms with Crippen LogP contribution in [0.4, 0.5) is 5.69 Å². The highest BCUT2D eigenvalue weighted by Crippen LogP contribution is 2.53. The maximum atomic E-state index is 13.5. The molecule has 4 aliphatic heterocycles. The van der Waals surface area contributed by atoms with E-state index in [1.807, 2.05) is 55.5 Å². The van der Waals surface area contributed by atoms with E-state index in [0.717, 1.165) is 18.5 Å². The maximum Gasteiger partial charge on any atom is 0.234 e. The summed E-state index contributed by atoms with van der Waals surface area (Å²) in [6.45, 7) is 2.57. The van der Waals surface area contributed by atoms with Crippen LogP contribution in [0.1, 0.15) is 18.9 Å². The average Bonchev–Trinajstić information content (AvgIpc) is 3.58. The van der Waals surface area contributed by atoms with Crippen molar-refractivity contribution in [3.63, 3.8) is 0 Å². The zero-order valence-electron chi connectivity index (χ0n) is 18.4. The lowest BCUT2D eigenvalue weighted by Crippen LogP contribution is -2.46. The highest BCUT2D eigenvalue weighted by molar-refractivity contribution is 6.03. The summed E-state index contributed by atoms with van der Waals surface area (Å²) < 4.78 is 17.1. The Kier molecular flexibility index (Phi) is 4.69. The molecule has 170 valence electrons. The minimum atomic E-state index is -0.757. The van der Waals surface area contributed by atoms with E-state index in [0.29, 0.717) is 18.0 Å². The highest BCUT2D eigenvalue weighted by Gasteiger charge is 2.67. The second-order valence-corrected chi connectivity index (χ2v) is 9.30. The monoisotopic (exact) mass is 446 g/mol. The molecule has 0 aromatic heterocycles. The molecule has 0 radical (unpaired) electrons. The van der Waals surface area contributed by atoms with Gasteiger partial charge in [0.2, 0.25) is 18.6 Å². The molecule has 0 saturated carbocycles. The van der Waals surface area contributed by atoms with Gasteiger partial charge in [-0.3, -0.25) is 9.59 Å². The van der Waals surface area contributed by atoms with Gasteiger partial charge in [-0.25, -0.2) is 0 Å². The summed E-state index contributed by atoms with van der Waals surface area (Å²) in [7, 11) is 0. The predicted octanol–water partition coefficient (Wildman–Crippen LogP) is 2.84. The first-order valence-corrected chi connectivity index (χ1v) is 11.5. The van der Waals surface area contributed by atoms with Crippen LogP contribution in [0.2, 0.25) is 0 Å². The Morgan fingerprint density at radius 1 is 1.18 bits per heavy atom. The van der Waals surface area contributed by atoms with Gasteiger partial charge in [-0.15, -0.1) is 0 Å². The van der Waals surface area contributed by atoms with E-state index in [2.05, 4.69) is 17.4 Å². The number of benzene rings is 2. The maximum absolute atomic E-state index is 13.5. The normalized spacial score (nSPS) is 29.4. The number of nitrogens with one attached hydrogen (secondary N) is 1. The number of carbonyl (C=O) groups is 2. The van der Waals surface area contributed by atoms with Crippen molar-refractivity contribution in [1.29, 1.82) is 0 Å². The van der Waals surface area contributed by atoms with Crippen molar-refractivity contribution in [3.05, 3.63) is 66.2 Å². The molecular weight excluding hydrogens is 420 g/mol. The Labute approximate surface area is 192 Å². The Bertz CT molecular complexity index is 1130. The van der Waals surface area contributed by atoms with Crippen LogP contribution >= 0.6 is 0 Å². The highest BCUT2D eigenvalue weighted by atomic mass is 16.7. The van der Waals surface area contributed by atoms with Crippen LogP contribution in [0, 0.1) is 11.8 Å². The summed E-state index contributed by atoms with van der Waals surface area (Å²) >= 11 is 0. The number of aryl methyl sites for hydroxylation is 1. The lowest BCUT2D eigenvalue weighted by Gasteiger charge is -2.25. The Balaban J connectivity index is 1.17. The third kappa shape index (κ3) is 3.30. The first-order chi connectivity index (χ1) is 16.0. The number of anilines is 1. The molecule has 2 amide bonds. The molecule has 33 heavy (non-hydrogen) atoms. The van der Waals surface area contributed by atoms with Gasteiger partial charge in [-0.05, 0) is 37.5 Å². The molecule has 0 aliphatic carbocycles. The van der Waals surface area contributed by atoms with Crippen molar-refractivity contribution in [2.45, 2.75) is 37.5 Å². The van der Waals surface area contributed by atoms with Gasteiger partial charge in [0.1, 0.15) is 5.60 Å². The molecule has 4 heterocycles. The fourth-order valence-electron chi connectivity index (χ4n) is 5.51. The van der Waals surface area contributed by atoms with E-state index in [-0.39, 0.29) is 30.8 Å². The first kappa shape index (κ1) is 20.3. The molecule has 2 fully saturated rings. The Morgan fingerprint density at radius 2 is 2.00 bits per heavy atom. The van der Waals surface area contributed by atoms with Crippen LogP contribution in [-0.4, -0.2) is 42.9 Å². The fourth-order valence-corrected chi connectivity index (χ4v) is 5.51. The fraction of sp³-hybridized carbons (Fsp3) is 0.385. The van der Waals surface area contributed by atoms with E-state index in [1.165, 1.54) is 5.56 Å². The van der Waals surface area contributed by atoms with Crippen LogP contribution in [0.25, 0.3) is 0 Å². The van der Waals surface area contributed by atoms with Gasteiger partial charge < -0.3 is 24.4 Å². The minimum absolute atomic E-state index is 0.00164. The second kappa shape index (κ2) is 7.63. The number of amides is 2. The molecule has 6 rings (SSSR count). The molecule has 1 spiro atoms. The van der Waals surface area contributed by atoms with Gasteiger partial charge in [0, 0.05) is 17.8 Å². The first-order valence-electron chi connectivity index (χ1n) is 11.5. The summed E-state index contributed by atoms with van der Waals surface area (Å²) in [5.74, 6) is 0.0372. The molecule has 5 atom stereocenters. The Morgan fingerprint density at radius 3 is 2.85 bits per heavy atom. The van der Waals surface area contributed by atoms with Crippen LogP contribution in [0.5, 0.6) is 11.5 Å². The van der Waals surface area contributed by atoms with Gasteiger partial charge in [-0.2, -0.15) is 0 Å². The standard InChI is InChI=1S/C26H26N2O5/c1-16(7-8-17-5-3-2-4-6-17)27-24(29)22-20-11-12-26(33-20)14-28(25(30)23(22)26)18-9-10-19-21(13-18)32-15-31-19/h2-6,9-13,16,20,22-23H,7-8,14-15H2,1H3,(H,27,29)/t16-,20-,22+,23-,26-/m1/s1. The topological polar surface area (TPSA) is 77.1 Å². The van der Waals surface area contributed by atoms with Crippen molar-refractivity contribution in [2.75, 3.05) is 18.2 Å². The largest absolute Gasteiger partial charge is 0.454 e. The molecule has 2 aromatic carbocycles. The molecule has 7 nitrogen and oxygen atoms in total. The molecule has 2 saturated heterocycles. The van der Waals surface area contributed by atoms with Crippen LogP contribution < -0.4 is 19.7 Å². The molecule has 0 unspecified atom stereocenters. The molecule has 4 aliphatic rings. The van der Waals surface area contributed by atoms with Gasteiger partial charge in [0.05, 0.1) is 24.5 Å². The smallest absolute Gasteiger partial charge is 0.234 e. The van der Waals surface area contributed by atoms with E-state index in [4.69, 9.17) is 14.2 Å². The minimum Gasteiger partial charge on any atom is -0.454 e. The van der Waals surface area contributed by atoms with Gasteiger partial charge in [-0.1, -0.05) is 42.5 Å². The number of ether oxygens (including phenoxy) is 3. The predicted molar refractivity (Wildman–Crippen MR) is 121 cm³/mol. The molecule has 7 heteroatoms. The second-order valence-electron chi connectivity index (χ2n) is 9.30. The van der Waals surface area contributed by atoms with Crippen LogP contribution in [0.3, 0.4) is 0 Å². The Hall–Kier alpha value is -3.32. The third-order valence-electron chi connectivity index (χ3n) is 7.17. The number of carbonyl (C=O) groups excluding carboxylic acids is 2. The van der Waals surface area contributed by atoms with Crippen molar-refractivity contribution < 1.29 is 23.8 Å². The van der Waals surface area contributed by atoms with Gasteiger partial charge in [0.25, 0.3) is 0 Å². The van der Waals surface area contributed by atoms with Crippen molar-refractivity contribution in [2.24, 2.45) is 11.8 Å². The number of nitrogens with zero attached hydrogens (tertiary/aromatic N) is 1. The molecular formula is C26H26N2O5. The van der Waals surface area contributed by atoms with Crippen molar-refractivity contribution in [1.82, 2.24) is 5.32 Å². The summed E-state index contributed by atoms with van der Waals surface area (Å²) in [6, 6.07) is 15.7. The van der Waals surface area contributed by atoms with Crippen LogP contribution in [0.15, 0.2) is 60.7 Å². The van der Waals surface area contributed by atoms with Gasteiger partial charge >= 0.3 is 0 Å². The lowest BCUT2D eigenvalue weighted by molar-refractivity contribution is -0.132. The molecule has 1 N–H and O–H groups in total. The number of hydrogen-bond donors (Lipinski definition) is 1. The SMILES string of the molecule is C[C@H](CCc1ccccc1)NC(=O)[C@H]1[C@H]2C=C[C@]3(CN(c4ccc5c(c4)OCO5)C(=O)[C@@H]13)O2. The van der Waals surface area contributed by atoms with E-state index in [1.54, 1.807) is 4.90 Å². The lowest BCUT2D eigenvalue weighted by atomic mass is 9.76. The average molecular weight is 447 g/mol. The zero-order valence-corrected chi connectivity index (χ0v) is 18.4. The number of hydrogen-bond acceptors (Lipinski definition) is 5. The van der Waals surface area contributed by atoms with Crippen molar-refractivity contribution in [3.8, 4) is 11.5 Å². The summed E-state index contributed by atoms with van der Waals surface area (Å²) in [5.41, 5.74) is 1.21. The van der Waals surface area contributed by atoms with Gasteiger partial charge in [0.15, 0.2) is 11.5 Å². The molecule has 2 aromatic rings. The van der Waals surface area contributed by atoms with Crippen molar-refractivity contribution >= 4 is 17.5 Å². The zero-order chi connectivity index (χ0) is 22.6. The summed E-state index contributed by atoms with van der Waals surface area (Å²) in [6.07, 6.45) is 5.26. The number of fused-ring (bicyclic) bond motifs is 2. The van der Waals surface area contributed by atoms with E-state index in [9.17, 15) is 9.59 Å².